The summed E-state index contributed by atoms with van der Waals surface area (Å²) >= 11 is 0. The number of rotatable bonds is 7. The molecule has 0 aliphatic heterocycles. The van der Waals surface area contributed by atoms with Gasteiger partial charge in [0.1, 0.15) is 17.2 Å². The van der Waals surface area contributed by atoms with Gasteiger partial charge in [-0.3, -0.25) is 9.78 Å². The fourth-order valence-corrected chi connectivity index (χ4v) is 2.90. The van der Waals surface area contributed by atoms with Crippen molar-refractivity contribution in [3.05, 3.63) is 89.8 Å². The van der Waals surface area contributed by atoms with Crippen LogP contribution in [0.25, 0.3) is 0 Å². The Bertz CT molecular complexity index is 1190. The summed E-state index contributed by atoms with van der Waals surface area (Å²) < 4.78 is 16.5. The lowest BCUT2D eigenvalue weighted by atomic mass is 10.1. The number of benzene rings is 2. The number of hydrogen-bond donors (Lipinski definition) is 1. The Morgan fingerprint density at radius 2 is 1.94 bits per heavy atom. The van der Waals surface area contributed by atoms with Crippen LogP contribution in [0.1, 0.15) is 27.6 Å². The van der Waals surface area contributed by atoms with Crippen molar-refractivity contribution in [3.63, 3.8) is 0 Å². The van der Waals surface area contributed by atoms with Gasteiger partial charge in [0.05, 0.1) is 11.8 Å². The van der Waals surface area contributed by atoms with Crippen LogP contribution >= 0.6 is 0 Å². The van der Waals surface area contributed by atoms with Crippen molar-refractivity contribution in [1.29, 1.82) is 0 Å². The van der Waals surface area contributed by atoms with E-state index in [2.05, 4.69) is 20.4 Å². The molecule has 0 saturated heterocycles. The Kier molecular flexibility index (Phi) is 5.89. The number of aromatic nitrogens is 3. The van der Waals surface area contributed by atoms with Crippen LogP contribution in [0.3, 0.4) is 0 Å². The highest BCUT2D eigenvalue weighted by atomic mass is 16.5. The topological polar surface area (TPSA) is 99.4 Å². The average molecular weight is 416 g/mol. The van der Waals surface area contributed by atoms with Crippen LogP contribution in [0.5, 0.6) is 17.2 Å². The number of para-hydroxylation sites is 1. The molecule has 156 valence electrons. The first-order valence-electron chi connectivity index (χ1n) is 9.59. The molecule has 0 unspecified atom stereocenters. The molecular weight excluding hydrogens is 396 g/mol. The molecule has 0 fully saturated rings. The maximum atomic E-state index is 12.9. The summed E-state index contributed by atoms with van der Waals surface area (Å²) in [4.78, 5) is 21.0. The monoisotopic (exact) mass is 416 g/mol. The maximum Gasteiger partial charge on any atom is 0.259 e. The van der Waals surface area contributed by atoms with Crippen molar-refractivity contribution >= 4 is 11.6 Å². The number of pyridine rings is 1. The Labute approximate surface area is 178 Å². The molecule has 31 heavy (non-hydrogen) atoms. The van der Waals surface area contributed by atoms with Gasteiger partial charge in [-0.1, -0.05) is 17.3 Å². The third kappa shape index (κ3) is 5.05. The zero-order valence-corrected chi connectivity index (χ0v) is 17.0. The highest BCUT2D eigenvalue weighted by Gasteiger charge is 2.14. The van der Waals surface area contributed by atoms with E-state index in [4.69, 9.17) is 14.0 Å². The number of hydrogen-bond acceptors (Lipinski definition) is 7. The molecule has 0 aliphatic rings. The number of aryl methyl sites for hydroxylation is 2. The van der Waals surface area contributed by atoms with Gasteiger partial charge in [0.25, 0.3) is 5.91 Å². The van der Waals surface area contributed by atoms with Gasteiger partial charge < -0.3 is 19.3 Å². The van der Waals surface area contributed by atoms with Crippen LogP contribution in [-0.4, -0.2) is 21.0 Å². The van der Waals surface area contributed by atoms with Crippen molar-refractivity contribution in [3.8, 4) is 17.2 Å². The SMILES string of the molecule is Cc1nc(COc2ccccc2C(=O)Nc2ccc(Oc3cccnc3)c(C)c2)no1. The maximum absolute atomic E-state index is 12.9. The Morgan fingerprint density at radius 1 is 1.06 bits per heavy atom. The minimum atomic E-state index is -0.291. The minimum absolute atomic E-state index is 0.0983. The van der Waals surface area contributed by atoms with E-state index in [-0.39, 0.29) is 12.5 Å². The van der Waals surface area contributed by atoms with Crippen LogP contribution in [0.15, 0.2) is 71.5 Å². The fraction of sp³-hybridized carbons (Fsp3) is 0.130. The van der Waals surface area contributed by atoms with Crippen molar-refractivity contribution in [2.24, 2.45) is 0 Å². The smallest absolute Gasteiger partial charge is 0.259 e. The van der Waals surface area contributed by atoms with Crippen molar-refractivity contribution < 1.29 is 18.8 Å². The van der Waals surface area contributed by atoms with E-state index in [0.717, 1.165) is 5.56 Å². The minimum Gasteiger partial charge on any atom is -0.485 e. The first kappa shape index (κ1) is 20.1. The number of carbonyl (C=O) groups is 1. The number of nitrogens with one attached hydrogen (secondary N) is 1. The van der Waals surface area contributed by atoms with Crippen LogP contribution in [0.2, 0.25) is 0 Å². The summed E-state index contributed by atoms with van der Waals surface area (Å²) in [6, 6.07) is 16.0. The molecule has 0 atom stereocenters. The van der Waals surface area contributed by atoms with E-state index in [1.807, 2.05) is 19.1 Å². The van der Waals surface area contributed by atoms with Crippen molar-refractivity contribution in [2.45, 2.75) is 20.5 Å². The molecule has 2 aromatic carbocycles. The summed E-state index contributed by atoms with van der Waals surface area (Å²) in [6.07, 6.45) is 3.32. The number of carbonyl (C=O) groups excluding carboxylic acids is 1. The van der Waals surface area contributed by atoms with Gasteiger partial charge >= 0.3 is 0 Å². The number of anilines is 1. The molecule has 1 N–H and O–H groups in total. The third-order valence-corrected chi connectivity index (χ3v) is 4.35. The molecule has 0 aliphatic carbocycles. The van der Waals surface area contributed by atoms with Gasteiger partial charge in [-0.25, -0.2) is 0 Å². The summed E-state index contributed by atoms with van der Waals surface area (Å²) in [5.74, 6) is 2.33. The predicted octanol–water partition coefficient (Wildman–Crippen LogP) is 4.71. The van der Waals surface area contributed by atoms with E-state index in [0.29, 0.717) is 40.2 Å². The standard InChI is InChI=1S/C23H20N4O4/c1-15-12-17(9-10-20(15)30-18-6-5-11-24-13-18)26-23(28)19-7-3-4-8-21(19)29-14-22-25-16(2)31-27-22/h3-13H,14H2,1-2H3,(H,26,28). The average Bonchev–Trinajstić information content (AvgIpc) is 3.20. The Hall–Kier alpha value is -4.20. The molecule has 0 bridgehead atoms. The van der Waals surface area contributed by atoms with Gasteiger partial charge in [-0.15, -0.1) is 0 Å². The number of amides is 1. The summed E-state index contributed by atoms with van der Waals surface area (Å²) in [7, 11) is 0. The van der Waals surface area contributed by atoms with Crippen molar-refractivity contribution in [2.75, 3.05) is 5.32 Å². The molecule has 1 amide bonds. The van der Waals surface area contributed by atoms with Gasteiger partial charge in [0, 0.05) is 18.8 Å². The lowest BCUT2D eigenvalue weighted by Gasteiger charge is -2.13. The molecule has 0 radical (unpaired) electrons. The molecule has 0 saturated carbocycles. The molecule has 4 rings (SSSR count). The van der Waals surface area contributed by atoms with E-state index < -0.39 is 0 Å². The van der Waals surface area contributed by atoms with Crippen molar-refractivity contribution in [1.82, 2.24) is 15.1 Å². The van der Waals surface area contributed by atoms with Gasteiger partial charge in [-0.2, -0.15) is 4.98 Å². The highest BCUT2D eigenvalue weighted by Crippen LogP contribution is 2.27. The number of ether oxygens (including phenoxy) is 2. The van der Waals surface area contributed by atoms with E-state index >= 15 is 0 Å². The quantitative estimate of drug-likeness (QED) is 0.466. The van der Waals surface area contributed by atoms with E-state index in [9.17, 15) is 4.79 Å². The Balaban J connectivity index is 1.45. The van der Waals surface area contributed by atoms with Gasteiger partial charge in [0.15, 0.2) is 6.61 Å². The summed E-state index contributed by atoms with van der Waals surface area (Å²) in [5, 5.41) is 6.69. The largest absolute Gasteiger partial charge is 0.485 e. The van der Waals surface area contributed by atoms with Crippen LogP contribution in [0.4, 0.5) is 5.69 Å². The van der Waals surface area contributed by atoms with Crippen LogP contribution < -0.4 is 14.8 Å². The summed E-state index contributed by atoms with van der Waals surface area (Å²) in [6.45, 7) is 3.71. The zero-order chi connectivity index (χ0) is 21.6. The lowest BCUT2D eigenvalue weighted by molar-refractivity contribution is 0.102. The normalized spacial score (nSPS) is 10.5. The second-order valence-corrected chi connectivity index (χ2v) is 6.74. The predicted molar refractivity (Wildman–Crippen MR) is 113 cm³/mol. The molecule has 8 nitrogen and oxygen atoms in total. The molecule has 0 spiro atoms. The second kappa shape index (κ2) is 9.08. The number of nitrogens with zero attached hydrogens (tertiary/aromatic N) is 3. The first-order valence-corrected chi connectivity index (χ1v) is 9.59. The van der Waals surface area contributed by atoms with E-state index in [1.54, 1.807) is 61.8 Å². The molecule has 4 aromatic rings. The fourth-order valence-electron chi connectivity index (χ4n) is 2.90. The Morgan fingerprint density at radius 3 is 2.68 bits per heavy atom. The molecule has 2 aromatic heterocycles. The molecular formula is C23H20N4O4. The first-order chi connectivity index (χ1) is 15.1. The van der Waals surface area contributed by atoms with Crippen LogP contribution in [0, 0.1) is 13.8 Å². The highest BCUT2D eigenvalue weighted by molar-refractivity contribution is 6.06. The van der Waals surface area contributed by atoms with E-state index in [1.165, 1.54) is 0 Å². The zero-order valence-electron chi connectivity index (χ0n) is 17.0. The molecule has 8 heteroatoms. The van der Waals surface area contributed by atoms with Gasteiger partial charge in [-0.05, 0) is 55.0 Å². The molecule has 2 heterocycles. The second-order valence-electron chi connectivity index (χ2n) is 6.74. The third-order valence-electron chi connectivity index (χ3n) is 4.35. The summed E-state index contributed by atoms with van der Waals surface area (Å²) in [5.41, 5.74) is 1.92. The van der Waals surface area contributed by atoms with Gasteiger partial charge in [0.2, 0.25) is 11.7 Å². The van der Waals surface area contributed by atoms with Crippen LogP contribution in [-0.2, 0) is 6.61 Å². The lowest BCUT2D eigenvalue weighted by Crippen LogP contribution is -2.14.